The van der Waals surface area contributed by atoms with Crippen molar-refractivity contribution in [3.63, 3.8) is 0 Å². The average Bonchev–Trinajstić information content (AvgIpc) is 2.84. The number of fused-ring (bicyclic) bond motifs is 1. The standard InChI is InChI=1S/C17H17N3O3/c21-13(19-12-3-1-2-8-18-12)9-20-16(22)14-10-4-5-11(7-6-10)15(14)17(20)23/h1-5,8,10-11,14-15H,6-7,9H2,(H,18,19,21)/t10-,11-,14-,15+/m0/s1. The molecule has 6 nitrogen and oxygen atoms in total. The van der Waals surface area contributed by atoms with Crippen LogP contribution in [0.5, 0.6) is 0 Å². The number of aromatic nitrogens is 1. The minimum atomic E-state index is -0.399. The third kappa shape index (κ3) is 2.25. The number of likely N-dealkylation sites (tertiary alicyclic amines) is 1. The molecule has 2 bridgehead atoms. The van der Waals surface area contributed by atoms with Gasteiger partial charge in [-0.2, -0.15) is 0 Å². The van der Waals surface area contributed by atoms with Crippen LogP contribution >= 0.6 is 0 Å². The molecule has 4 atom stereocenters. The molecule has 2 heterocycles. The van der Waals surface area contributed by atoms with Crippen molar-refractivity contribution < 1.29 is 14.4 Å². The van der Waals surface area contributed by atoms with E-state index < -0.39 is 5.91 Å². The van der Waals surface area contributed by atoms with E-state index in [9.17, 15) is 14.4 Å². The van der Waals surface area contributed by atoms with E-state index in [0.29, 0.717) is 5.82 Å². The Hall–Kier alpha value is -2.50. The van der Waals surface area contributed by atoms with Gasteiger partial charge in [-0.3, -0.25) is 19.3 Å². The third-order valence-electron chi connectivity index (χ3n) is 5.08. The van der Waals surface area contributed by atoms with Crippen LogP contribution in [0.1, 0.15) is 12.8 Å². The average molecular weight is 311 g/mol. The second-order valence-electron chi connectivity index (χ2n) is 6.37. The third-order valence-corrected chi connectivity index (χ3v) is 5.08. The molecule has 1 aromatic rings. The van der Waals surface area contributed by atoms with Crippen molar-refractivity contribution in [2.75, 3.05) is 11.9 Å². The van der Waals surface area contributed by atoms with Crippen LogP contribution in [0.4, 0.5) is 5.82 Å². The summed E-state index contributed by atoms with van der Waals surface area (Å²) in [5, 5.41) is 2.62. The summed E-state index contributed by atoms with van der Waals surface area (Å²) in [5.41, 5.74) is 0. The van der Waals surface area contributed by atoms with Gasteiger partial charge in [-0.05, 0) is 36.8 Å². The van der Waals surface area contributed by atoms with Crippen LogP contribution in [0.15, 0.2) is 36.5 Å². The first-order valence-electron chi connectivity index (χ1n) is 7.89. The van der Waals surface area contributed by atoms with Gasteiger partial charge in [0.15, 0.2) is 0 Å². The fourth-order valence-corrected chi connectivity index (χ4v) is 4.05. The molecular formula is C17H17N3O3. The minimum Gasteiger partial charge on any atom is -0.309 e. The van der Waals surface area contributed by atoms with Gasteiger partial charge < -0.3 is 5.32 Å². The Balaban J connectivity index is 1.49. The Morgan fingerprint density at radius 1 is 1.13 bits per heavy atom. The van der Waals surface area contributed by atoms with Crippen LogP contribution in [0.3, 0.4) is 0 Å². The van der Waals surface area contributed by atoms with Gasteiger partial charge in [-0.15, -0.1) is 0 Å². The highest BCUT2D eigenvalue weighted by atomic mass is 16.2. The molecule has 0 unspecified atom stereocenters. The second kappa shape index (κ2) is 5.30. The predicted octanol–water partition coefficient (Wildman–Crippen LogP) is 1.22. The Kier molecular flexibility index (Phi) is 3.25. The van der Waals surface area contributed by atoms with E-state index in [4.69, 9.17) is 0 Å². The minimum absolute atomic E-state index is 0.144. The van der Waals surface area contributed by atoms with E-state index in [-0.39, 0.29) is 42.0 Å². The molecule has 5 rings (SSSR count). The molecule has 4 aliphatic rings. The largest absolute Gasteiger partial charge is 0.309 e. The van der Waals surface area contributed by atoms with Gasteiger partial charge in [0.05, 0.1) is 11.8 Å². The Morgan fingerprint density at radius 2 is 1.78 bits per heavy atom. The maximum Gasteiger partial charge on any atom is 0.245 e. The van der Waals surface area contributed by atoms with Gasteiger partial charge >= 0.3 is 0 Å². The van der Waals surface area contributed by atoms with Crippen LogP contribution in [-0.2, 0) is 14.4 Å². The second-order valence-corrected chi connectivity index (χ2v) is 6.37. The van der Waals surface area contributed by atoms with Gasteiger partial charge in [-0.1, -0.05) is 18.2 Å². The van der Waals surface area contributed by atoms with Crippen LogP contribution < -0.4 is 5.32 Å². The summed E-state index contributed by atoms with van der Waals surface area (Å²) in [7, 11) is 0. The van der Waals surface area contributed by atoms with Gasteiger partial charge in [0, 0.05) is 6.20 Å². The maximum atomic E-state index is 12.6. The number of allylic oxidation sites excluding steroid dienone is 2. The van der Waals surface area contributed by atoms with Crippen molar-refractivity contribution >= 4 is 23.5 Å². The number of amides is 3. The fraction of sp³-hybridized carbons (Fsp3) is 0.412. The summed E-state index contributed by atoms with van der Waals surface area (Å²) in [6, 6.07) is 5.17. The van der Waals surface area contributed by atoms with Crippen molar-refractivity contribution in [1.82, 2.24) is 9.88 Å². The molecule has 6 heteroatoms. The van der Waals surface area contributed by atoms with Crippen molar-refractivity contribution in [1.29, 1.82) is 0 Å². The number of anilines is 1. The van der Waals surface area contributed by atoms with Crippen molar-refractivity contribution in [2.45, 2.75) is 12.8 Å². The molecule has 1 aromatic heterocycles. The smallest absolute Gasteiger partial charge is 0.245 e. The van der Waals surface area contributed by atoms with Gasteiger partial charge in [-0.25, -0.2) is 4.98 Å². The van der Waals surface area contributed by atoms with Crippen LogP contribution in [0.2, 0.25) is 0 Å². The molecule has 23 heavy (non-hydrogen) atoms. The SMILES string of the molecule is O=C(CN1C(=O)[C@@H]2[C@H](C1=O)[C@H]1C=C[C@H]2CC1)Nc1ccccn1. The van der Waals surface area contributed by atoms with E-state index in [1.165, 1.54) is 0 Å². The lowest BCUT2D eigenvalue weighted by Crippen LogP contribution is -2.38. The van der Waals surface area contributed by atoms with E-state index in [1.807, 2.05) is 0 Å². The Bertz CT molecular complexity index is 668. The molecule has 3 amide bonds. The molecular weight excluding hydrogens is 294 g/mol. The molecule has 2 fully saturated rings. The summed E-state index contributed by atoms with van der Waals surface area (Å²) in [6.07, 6.45) is 7.61. The van der Waals surface area contributed by atoms with E-state index in [0.717, 1.165) is 17.7 Å². The zero-order valence-corrected chi connectivity index (χ0v) is 12.5. The summed E-state index contributed by atoms with van der Waals surface area (Å²) in [6.45, 7) is -0.235. The van der Waals surface area contributed by atoms with E-state index >= 15 is 0 Å². The van der Waals surface area contributed by atoms with Crippen LogP contribution in [0.25, 0.3) is 0 Å². The normalized spacial score (nSPS) is 31.4. The first-order chi connectivity index (χ1) is 11.1. The van der Waals surface area contributed by atoms with Crippen molar-refractivity contribution in [3.8, 4) is 0 Å². The summed E-state index contributed by atoms with van der Waals surface area (Å²) >= 11 is 0. The molecule has 0 aromatic carbocycles. The van der Waals surface area contributed by atoms with E-state index in [2.05, 4.69) is 22.5 Å². The molecule has 0 radical (unpaired) electrons. The quantitative estimate of drug-likeness (QED) is 0.672. The molecule has 1 aliphatic heterocycles. The first kappa shape index (κ1) is 14.1. The highest BCUT2D eigenvalue weighted by Gasteiger charge is 2.56. The topological polar surface area (TPSA) is 79.4 Å². The number of nitrogens with one attached hydrogen (secondary N) is 1. The molecule has 0 spiro atoms. The molecule has 1 saturated heterocycles. The predicted molar refractivity (Wildman–Crippen MR) is 81.9 cm³/mol. The monoisotopic (exact) mass is 311 g/mol. The number of hydrogen-bond donors (Lipinski definition) is 1. The van der Waals surface area contributed by atoms with Crippen LogP contribution in [0, 0.1) is 23.7 Å². The number of hydrogen-bond acceptors (Lipinski definition) is 4. The number of imide groups is 1. The molecule has 1 saturated carbocycles. The summed E-state index contributed by atoms with van der Waals surface area (Å²) in [4.78, 5) is 42.5. The Labute approximate surface area is 133 Å². The lowest BCUT2D eigenvalue weighted by Gasteiger charge is -2.38. The molecule has 3 aliphatic carbocycles. The fourth-order valence-electron chi connectivity index (χ4n) is 4.05. The summed E-state index contributed by atoms with van der Waals surface area (Å²) < 4.78 is 0. The number of rotatable bonds is 3. The summed E-state index contributed by atoms with van der Waals surface area (Å²) in [5.74, 6) is -0.635. The Morgan fingerprint density at radius 3 is 2.30 bits per heavy atom. The lowest BCUT2D eigenvalue weighted by molar-refractivity contribution is -0.142. The highest BCUT2D eigenvalue weighted by Crippen LogP contribution is 2.49. The van der Waals surface area contributed by atoms with Crippen LogP contribution in [-0.4, -0.2) is 34.2 Å². The molecule has 118 valence electrons. The lowest BCUT2D eigenvalue weighted by atomic mass is 9.63. The first-order valence-corrected chi connectivity index (χ1v) is 7.89. The van der Waals surface area contributed by atoms with Crippen molar-refractivity contribution in [3.05, 3.63) is 36.5 Å². The number of pyridine rings is 1. The zero-order chi connectivity index (χ0) is 16.0. The zero-order valence-electron chi connectivity index (χ0n) is 12.5. The van der Waals surface area contributed by atoms with E-state index in [1.54, 1.807) is 24.4 Å². The highest BCUT2D eigenvalue weighted by molar-refractivity contribution is 6.09. The van der Waals surface area contributed by atoms with Crippen molar-refractivity contribution in [2.24, 2.45) is 23.7 Å². The number of carbonyl (C=O) groups excluding carboxylic acids is 3. The molecule has 1 N–H and O–H groups in total. The number of nitrogens with zero attached hydrogens (tertiary/aromatic N) is 2. The van der Waals surface area contributed by atoms with Gasteiger partial charge in [0.2, 0.25) is 17.7 Å². The maximum absolute atomic E-state index is 12.6. The number of carbonyl (C=O) groups is 3. The van der Waals surface area contributed by atoms with Gasteiger partial charge in [0.1, 0.15) is 12.4 Å². The van der Waals surface area contributed by atoms with Gasteiger partial charge in [0.25, 0.3) is 0 Å².